The standard InChI is InChI=1S/C24H27N5O/c1-4-29-11-9-16(10-12-29)19-5-7-22-21(25-19)8-6-20(26-22)18-13-17-15-28(2)27-23(17)14-24(18)30-3/h5-8,13-16H,4,9-12H2,1-3H3. The first-order chi connectivity index (χ1) is 14.6. The number of aromatic nitrogens is 4. The summed E-state index contributed by atoms with van der Waals surface area (Å²) in [7, 11) is 3.61. The van der Waals surface area contributed by atoms with E-state index in [0.717, 1.165) is 58.6 Å². The third-order valence-corrected chi connectivity index (χ3v) is 6.23. The number of aryl methyl sites for hydroxylation is 1. The molecule has 0 radical (unpaired) electrons. The Balaban J connectivity index is 1.49. The molecule has 0 N–H and O–H groups in total. The number of pyridine rings is 2. The number of hydrogen-bond acceptors (Lipinski definition) is 5. The Morgan fingerprint density at radius 1 is 1.00 bits per heavy atom. The molecular weight excluding hydrogens is 374 g/mol. The predicted molar refractivity (Wildman–Crippen MR) is 120 cm³/mol. The molecule has 3 aromatic heterocycles. The van der Waals surface area contributed by atoms with Gasteiger partial charge < -0.3 is 9.64 Å². The highest BCUT2D eigenvalue weighted by atomic mass is 16.5. The molecule has 1 aromatic carbocycles. The number of benzene rings is 1. The highest BCUT2D eigenvalue weighted by molar-refractivity contribution is 5.88. The van der Waals surface area contributed by atoms with Gasteiger partial charge in [0.1, 0.15) is 5.75 Å². The summed E-state index contributed by atoms with van der Waals surface area (Å²) in [6.07, 6.45) is 4.37. The molecule has 0 unspecified atom stereocenters. The average Bonchev–Trinajstić information content (AvgIpc) is 3.16. The molecule has 30 heavy (non-hydrogen) atoms. The summed E-state index contributed by atoms with van der Waals surface area (Å²) < 4.78 is 7.45. The minimum absolute atomic E-state index is 0.546. The van der Waals surface area contributed by atoms with Crippen LogP contribution in [-0.2, 0) is 7.05 Å². The maximum absolute atomic E-state index is 5.64. The largest absolute Gasteiger partial charge is 0.496 e. The quantitative estimate of drug-likeness (QED) is 0.508. The smallest absolute Gasteiger partial charge is 0.130 e. The van der Waals surface area contributed by atoms with Crippen LogP contribution in [0, 0.1) is 0 Å². The maximum Gasteiger partial charge on any atom is 0.130 e. The fourth-order valence-electron chi connectivity index (χ4n) is 4.49. The van der Waals surface area contributed by atoms with Gasteiger partial charge in [-0.25, -0.2) is 4.98 Å². The summed E-state index contributed by atoms with van der Waals surface area (Å²) in [5, 5.41) is 5.55. The van der Waals surface area contributed by atoms with Gasteiger partial charge in [0, 0.05) is 41.9 Å². The summed E-state index contributed by atoms with van der Waals surface area (Å²) >= 11 is 0. The van der Waals surface area contributed by atoms with Gasteiger partial charge in [-0.15, -0.1) is 0 Å². The second-order valence-corrected chi connectivity index (χ2v) is 8.09. The second-order valence-electron chi connectivity index (χ2n) is 8.09. The molecule has 0 aliphatic carbocycles. The van der Waals surface area contributed by atoms with Crippen molar-refractivity contribution < 1.29 is 4.74 Å². The van der Waals surface area contributed by atoms with Crippen molar-refractivity contribution in [3.05, 3.63) is 48.3 Å². The molecule has 0 bridgehead atoms. The first-order valence-corrected chi connectivity index (χ1v) is 10.7. The van der Waals surface area contributed by atoms with E-state index in [1.165, 1.54) is 18.5 Å². The fourth-order valence-corrected chi connectivity index (χ4v) is 4.49. The van der Waals surface area contributed by atoms with Gasteiger partial charge in [-0.2, -0.15) is 5.10 Å². The van der Waals surface area contributed by atoms with E-state index in [0.29, 0.717) is 5.92 Å². The summed E-state index contributed by atoms with van der Waals surface area (Å²) in [5.74, 6) is 1.32. The van der Waals surface area contributed by atoms with E-state index in [1.54, 1.807) is 7.11 Å². The van der Waals surface area contributed by atoms with Gasteiger partial charge in [-0.1, -0.05) is 6.92 Å². The first-order valence-electron chi connectivity index (χ1n) is 10.7. The monoisotopic (exact) mass is 401 g/mol. The summed E-state index contributed by atoms with van der Waals surface area (Å²) in [5.41, 5.74) is 5.83. The number of nitrogens with zero attached hydrogens (tertiary/aromatic N) is 5. The molecule has 0 atom stereocenters. The molecule has 154 valence electrons. The zero-order chi connectivity index (χ0) is 20.7. The minimum Gasteiger partial charge on any atom is -0.496 e. The second kappa shape index (κ2) is 7.69. The number of ether oxygens (including phenoxy) is 1. The fraction of sp³-hybridized carbons (Fsp3) is 0.375. The normalized spacial score (nSPS) is 15.8. The Labute approximate surface area is 176 Å². The number of likely N-dealkylation sites (tertiary alicyclic amines) is 1. The average molecular weight is 402 g/mol. The van der Waals surface area contributed by atoms with Crippen LogP contribution in [0.4, 0.5) is 0 Å². The Bertz CT molecular complexity index is 1210. The van der Waals surface area contributed by atoms with Crippen LogP contribution >= 0.6 is 0 Å². The van der Waals surface area contributed by atoms with Crippen LogP contribution in [-0.4, -0.2) is 51.4 Å². The van der Waals surface area contributed by atoms with Gasteiger partial charge >= 0.3 is 0 Å². The van der Waals surface area contributed by atoms with Gasteiger partial charge in [-0.3, -0.25) is 9.67 Å². The Kier molecular flexibility index (Phi) is 4.87. The summed E-state index contributed by atoms with van der Waals surface area (Å²) in [4.78, 5) is 12.4. The first kappa shape index (κ1) is 19.0. The zero-order valence-corrected chi connectivity index (χ0v) is 17.8. The van der Waals surface area contributed by atoms with Crippen molar-refractivity contribution in [1.82, 2.24) is 24.6 Å². The zero-order valence-electron chi connectivity index (χ0n) is 17.8. The topological polar surface area (TPSA) is 56.1 Å². The van der Waals surface area contributed by atoms with Crippen LogP contribution < -0.4 is 4.74 Å². The third kappa shape index (κ3) is 3.41. The lowest BCUT2D eigenvalue weighted by atomic mass is 9.93. The van der Waals surface area contributed by atoms with E-state index in [2.05, 4.69) is 41.2 Å². The highest BCUT2D eigenvalue weighted by Gasteiger charge is 2.21. The van der Waals surface area contributed by atoms with E-state index in [1.807, 2.05) is 30.1 Å². The lowest BCUT2D eigenvalue weighted by Crippen LogP contribution is -2.32. The van der Waals surface area contributed by atoms with Crippen LogP contribution in [0.2, 0.25) is 0 Å². The Morgan fingerprint density at radius 2 is 1.77 bits per heavy atom. The number of rotatable bonds is 4. The van der Waals surface area contributed by atoms with Crippen LogP contribution in [0.3, 0.4) is 0 Å². The molecule has 0 amide bonds. The van der Waals surface area contributed by atoms with Crippen LogP contribution in [0.15, 0.2) is 42.6 Å². The van der Waals surface area contributed by atoms with Crippen molar-refractivity contribution in [3.8, 4) is 17.0 Å². The minimum atomic E-state index is 0.546. The maximum atomic E-state index is 5.64. The molecule has 5 rings (SSSR count). The summed E-state index contributed by atoms with van der Waals surface area (Å²) in [6, 6.07) is 12.5. The van der Waals surface area contributed by atoms with Crippen molar-refractivity contribution in [2.24, 2.45) is 7.05 Å². The van der Waals surface area contributed by atoms with Gasteiger partial charge in [0.05, 0.1) is 29.4 Å². The Morgan fingerprint density at radius 3 is 2.53 bits per heavy atom. The third-order valence-electron chi connectivity index (χ3n) is 6.23. The van der Waals surface area contributed by atoms with E-state index >= 15 is 0 Å². The molecule has 4 aromatic rings. The Hall–Kier alpha value is -2.99. The van der Waals surface area contributed by atoms with E-state index < -0.39 is 0 Å². The molecule has 0 saturated carbocycles. The number of piperidine rings is 1. The van der Waals surface area contributed by atoms with Gasteiger partial charge in [-0.05, 0) is 62.8 Å². The van der Waals surface area contributed by atoms with Gasteiger partial charge in [0.25, 0.3) is 0 Å². The van der Waals surface area contributed by atoms with Crippen molar-refractivity contribution in [2.45, 2.75) is 25.7 Å². The SMILES string of the molecule is CCN1CCC(c2ccc3nc(-c4cc5cn(C)nc5cc4OC)ccc3n2)CC1. The van der Waals surface area contributed by atoms with E-state index in [4.69, 9.17) is 14.7 Å². The van der Waals surface area contributed by atoms with Crippen molar-refractivity contribution in [2.75, 3.05) is 26.7 Å². The lowest BCUT2D eigenvalue weighted by molar-refractivity contribution is 0.221. The number of hydrogen-bond donors (Lipinski definition) is 0. The predicted octanol–water partition coefficient (Wildman–Crippen LogP) is 4.39. The van der Waals surface area contributed by atoms with Gasteiger partial charge in [0.15, 0.2) is 0 Å². The highest BCUT2D eigenvalue weighted by Crippen LogP contribution is 2.34. The molecule has 1 aliphatic heterocycles. The van der Waals surface area contributed by atoms with Crippen LogP contribution in [0.25, 0.3) is 33.2 Å². The lowest BCUT2D eigenvalue weighted by Gasteiger charge is -2.30. The molecule has 6 heteroatoms. The molecule has 4 heterocycles. The molecule has 1 fully saturated rings. The van der Waals surface area contributed by atoms with Crippen LogP contribution in [0.5, 0.6) is 5.75 Å². The molecule has 1 saturated heterocycles. The van der Waals surface area contributed by atoms with Crippen molar-refractivity contribution >= 4 is 21.9 Å². The van der Waals surface area contributed by atoms with E-state index in [-0.39, 0.29) is 0 Å². The van der Waals surface area contributed by atoms with Crippen molar-refractivity contribution in [3.63, 3.8) is 0 Å². The van der Waals surface area contributed by atoms with Gasteiger partial charge in [0.2, 0.25) is 0 Å². The molecule has 1 aliphatic rings. The molecule has 6 nitrogen and oxygen atoms in total. The van der Waals surface area contributed by atoms with E-state index in [9.17, 15) is 0 Å². The molecule has 0 spiro atoms. The van der Waals surface area contributed by atoms with Crippen molar-refractivity contribution in [1.29, 1.82) is 0 Å². The number of fused-ring (bicyclic) bond motifs is 2. The molecular formula is C24H27N5O. The number of methoxy groups -OCH3 is 1. The van der Waals surface area contributed by atoms with Crippen LogP contribution in [0.1, 0.15) is 31.4 Å². The summed E-state index contributed by atoms with van der Waals surface area (Å²) in [6.45, 7) is 5.70.